The lowest BCUT2D eigenvalue weighted by Crippen LogP contribution is -2.27. The molecule has 1 N–H and O–H groups in total. The molecule has 0 aromatic heterocycles. The molecule has 1 atom stereocenters. The van der Waals surface area contributed by atoms with Crippen LogP contribution in [0, 0.1) is 6.92 Å². The molecule has 0 aliphatic carbocycles. The van der Waals surface area contributed by atoms with Crippen molar-refractivity contribution in [1.29, 1.82) is 0 Å². The lowest BCUT2D eigenvalue weighted by atomic mass is 9.93. The van der Waals surface area contributed by atoms with Crippen LogP contribution in [-0.4, -0.2) is 10.9 Å². The lowest BCUT2D eigenvalue weighted by Gasteiger charge is -2.29. The first-order valence-corrected chi connectivity index (χ1v) is 14.3. The molecule has 0 unspecified atom stereocenters. The van der Waals surface area contributed by atoms with Gasteiger partial charge in [0.25, 0.3) is 0 Å². The minimum atomic E-state index is -0.608. The Morgan fingerprint density at radius 1 is 0.651 bits per heavy atom. The molecular weight excluding hydrogens is 538 g/mol. The number of benzene rings is 5. The maximum Gasteiger partial charge on any atom is 0.166 e. The SMILES string of the molecule is Cc1cc(OCc2ccccc2)c2c(c1)O[C@H](c1ccc(OCc3ccccc3)c(OCc3ccccc3)c1)/C(=N\O)C2. The number of aryl methyl sites for hydroxylation is 1. The lowest BCUT2D eigenvalue weighted by molar-refractivity contribution is 0.234. The molecule has 0 saturated carbocycles. The van der Waals surface area contributed by atoms with Gasteiger partial charge < -0.3 is 24.2 Å². The summed E-state index contributed by atoms with van der Waals surface area (Å²) in [6.07, 6.45) is -0.226. The number of fused-ring (bicyclic) bond motifs is 1. The second-order valence-corrected chi connectivity index (χ2v) is 10.5. The van der Waals surface area contributed by atoms with Crippen LogP contribution in [0.1, 0.15) is 39.5 Å². The van der Waals surface area contributed by atoms with Crippen molar-refractivity contribution in [2.75, 3.05) is 0 Å². The van der Waals surface area contributed by atoms with Crippen molar-refractivity contribution in [2.45, 2.75) is 39.3 Å². The predicted octanol–water partition coefficient (Wildman–Crippen LogP) is 8.24. The molecule has 1 aliphatic heterocycles. The molecule has 6 heteroatoms. The van der Waals surface area contributed by atoms with E-state index < -0.39 is 6.10 Å². The van der Waals surface area contributed by atoms with Gasteiger partial charge in [-0.2, -0.15) is 0 Å². The zero-order valence-corrected chi connectivity index (χ0v) is 24.0. The summed E-state index contributed by atoms with van der Waals surface area (Å²) >= 11 is 0. The number of nitrogens with zero attached hydrogens (tertiary/aromatic N) is 1. The smallest absolute Gasteiger partial charge is 0.166 e. The van der Waals surface area contributed by atoms with Crippen LogP contribution in [-0.2, 0) is 26.2 Å². The van der Waals surface area contributed by atoms with E-state index in [1.54, 1.807) is 0 Å². The summed E-state index contributed by atoms with van der Waals surface area (Å²) in [4.78, 5) is 0. The van der Waals surface area contributed by atoms with Crippen LogP contribution in [0.5, 0.6) is 23.0 Å². The Morgan fingerprint density at radius 2 is 1.19 bits per heavy atom. The summed E-state index contributed by atoms with van der Waals surface area (Å²) in [6, 6.07) is 39.7. The molecule has 1 aliphatic rings. The Balaban J connectivity index is 1.27. The largest absolute Gasteiger partial charge is 0.488 e. The number of rotatable bonds is 10. The van der Waals surface area contributed by atoms with Crippen LogP contribution in [0.25, 0.3) is 0 Å². The van der Waals surface area contributed by atoms with E-state index in [0.29, 0.717) is 49.2 Å². The van der Waals surface area contributed by atoms with Gasteiger partial charge in [0.1, 0.15) is 37.0 Å². The first-order valence-electron chi connectivity index (χ1n) is 14.3. The van der Waals surface area contributed by atoms with Gasteiger partial charge in [-0.05, 0) is 53.4 Å². The standard InChI is InChI=1S/C37H33NO5/c1-26-19-34(41-24-28-13-7-3-8-14-28)31-22-32(38-39)37(43-35(31)20-26)30-17-18-33(40-23-27-11-5-2-6-12-27)36(21-30)42-25-29-15-9-4-10-16-29/h2-21,37,39H,22-25H2,1H3/b38-32-/t37-/m1/s1. The quantitative estimate of drug-likeness (QED) is 0.135. The molecule has 5 aromatic carbocycles. The molecule has 1 heterocycles. The number of ether oxygens (including phenoxy) is 4. The minimum Gasteiger partial charge on any atom is -0.488 e. The van der Waals surface area contributed by atoms with Gasteiger partial charge in [0.15, 0.2) is 17.6 Å². The van der Waals surface area contributed by atoms with Gasteiger partial charge in [-0.25, -0.2) is 0 Å². The van der Waals surface area contributed by atoms with Gasteiger partial charge in [0.2, 0.25) is 0 Å². The van der Waals surface area contributed by atoms with E-state index in [2.05, 4.69) is 5.16 Å². The second kappa shape index (κ2) is 13.2. The van der Waals surface area contributed by atoms with Crippen molar-refractivity contribution >= 4 is 5.71 Å². The zero-order valence-electron chi connectivity index (χ0n) is 24.0. The van der Waals surface area contributed by atoms with E-state index in [4.69, 9.17) is 18.9 Å². The van der Waals surface area contributed by atoms with Crippen LogP contribution in [0.4, 0.5) is 0 Å². The van der Waals surface area contributed by atoms with Crippen LogP contribution in [0.3, 0.4) is 0 Å². The van der Waals surface area contributed by atoms with E-state index in [1.807, 2.05) is 128 Å². The topological polar surface area (TPSA) is 69.5 Å². The van der Waals surface area contributed by atoms with Crippen molar-refractivity contribution in [3.05, 3.63) is 155 Å². The Bertz CT molecular complexity index is 1690. The highest BCUT2D eigenvalue weighted by Gasteiger charge is 2.31. The molecule has 0 radical (unpaired) electrons. The molecule has 0 fully saturated rings. The molecule has 0 spiro atoms. The van der Waals surface area contributed by atoms with Crippen LogP contribution < -0.4 is 18.9 Å². The molecule has 5 aromatic rings. The molecule has 6 rings (SSSR count). The van der Waals surface area contributed by atoms with Crippen molar-refractivity contribution in [3.63, 3.8) is 0 Å². The van der Waals surface area contributed by atoms with Gasteiger partial charge in [0, 0.05) is 17.5 Å². The van der Waals surface area contributed by atoms with Crippen molar-refractivity contribution < 1.29 is 24.2 Å². The Labute approximate surface area is 251 Å². The van der Waals surface area contributed by atoms with Crippen molar-refractivity contribution in [1.82, 2.24) is 0 Å². The zero-order chi connectivity index (χ0) is 29.4. The predicted molar refractivity (Wildman–Crippen MR) is 166 cm³/mol. The van der Waals surface area contributed by atoms with Gasteiger partial charge in [-0.1, -0.05) is 102 Å². The van der Waals surface area contributed by atoms with Gasteiger partial charge in [0.05, 0.1) is 0 Å². The molecule has 0 bridgehead atoms. The fraction of sp³-hybridized carbons (Fsp3) is 0.162. The van der Waals surface area contributed by atoms with Crippen LogP contribution in [0.15, 0.2) is 126 Å². The summed E-state index contributed by atoms with van der Waals surface area (Å²) in [5.41, 5.74) is 6.32. The molecule has 0 saturated heterocycles. The van der Waals surface area contributed by atoms with Gasteiger partial charge in [-0.15, -0.1) is 0 Å². The highest BCUT2D eigenvalue weighted by molar-refractivity contribution is 5.94. The maximum atomic E-state index is 10.1. The first kappa shape index (κ1) is 27.9. The van der Waals surface area contributed by atoms with E-state index in [9.17, 15) is 5.21 Å². The fourth-order valence-corrected chi connectivity index (χ4v) is 5.10. The third kappa shape index (κ3) is 6.81. The average Bonchev–Trinajstić information content (AvgIpc) is 3.06. The van der Waals surface area contributed by atoms with Crippen LogP contribution >= 0.6 is 0 Å². The average molecular weight is 572 g/mol. The summed E-state index contributed by atoms with van der Waals surface area (Å²) in [6.45, 7) is 3.22. The minimum absolute atomic E-state index is 0.378. The summed E-state index contributed by atoms with van der Waals surface area (Å²) in [7, 11) is 0. The Kier molecular flexibility index (Phi) is 8.55. The number of oxime groups is 1. The number of hydrogen-bond donors (Lipinski definition) is 1. The molecule has 216 valence electrons. The van der Waals surface area contributed by atoms with Crippen molar-refractivity contribution in [3.8, 4) is 23.0 Å². The van der Waals surface area contributed by atoms with Gasteiger partial charge in [-0.3, -0.25) is 0 Å². The third-order valence-electron chi connectivity index (χ3n) is 7.33. The molecule has 0 amide bonds. The van der Waals surface area contributed by atoms with Crippen molar-refractivity contribution in [2.24, 2.45) is 5.16 Å². The summed E-state index contributed by atoms with van der Waals surface area (Å²) in [5, 5.41) is 13.8. The second-order valence-electron chi connectivity index (χ2n) is 10.5. The molecule has 6 nitrogen and oxygen atoms in total. The van der Waals surface area contributed by atoms with E-state index >= 15 is 0 Å². The van der Waals surface area contributed by atoms with E-state index in [-0.39, 0.29) is 0 Å². The number of hydrogen-bond acceptors (Lipinski definition) is 6. The van der Waals surface area contributed by atoms with E-state index in [1.165, 1.54) is 0 Å². The monoisotopic (exact) mass is 571 g/mol. The molecular formula is C37H33NO5. The fourth-order valence-electron chi connectivity index (χ4n) is 5.10. The maximum absolute atomic E-state index is 10.1. The van der Waals surface area contributed by atoms with Crippen LogP contribution in [0.2, 0.25) is 0 Å². The normalized spacial score (nSPS) is 14.9. The van der Waals surface area contributed by atoms with E-state index in [0.717, 1.165) is 39.1 Å². The first-order chi connectivity index (χ1) is 21.2. The Hall–Kier alpha value is -5.23. The summed E-state index contributed by atoms with van der Waals surface area (Å²) in [5.74, 6) is 2.63. The summed E-state index contributed by atoms with van der Waals surface area (Å²) < 4.78 is 25.2. The highest BCUT2D eigenvalue weighted by atomic mass is 16.5. The Morgan fingerprint density at radius 3 is 1.74 bits per heavy atom. The molecule has 43 heavy (non-hydrogen) atoms. The highest BCUT2D eigenvalue weighted by Crippen LogP contribution is 2.41. The van der Waals surface area contributed by atoms with Gasteiger partial charge >= 0.3 is 0 Å². The third-order valence-corrected chi connectivity index (χ3v) is 7.33.